The van der Waals surface area contributed by atoms with Gasteiger partial charge in [-0.25, -0.2) is 0 Å². The van der Waals surface area contributed by atoms with E-state index in [0.717, 1.165) is 17.0 Å². The summed E-state index contributed by atoms with van der Waals surface area (Å²) in [6, 6.07) is 1.74. The first-order valence-electron chi connectivity index (χ1n) is 4.67. The van der Waals surface area contributed by atoms with Gasteiger partial charge in [0, 0.05) is 11.7 Å². The highest BCUT2D eigenvalue weighted by atomic mass is 16.4. The summed E-state index contributed by atoms with van der Waals surface area (Å²) in [5, 5.41) is 19.7. The molecule has 0 bridgehead atoms. The van der Waals surface area contributed by atoms with Crippen molar-refractivity contribution in [3.8, 4) is 0 Å². The van der Waals surface area contributed by atoms with Crippen molar-refractivity contribution in [3.63, 3.8) is 0 Å². The van der Waals surface area contributed by atoms with Gasteiger partial charge in [0.05, 0.1) is 5.35 Å². The quantitative estimate of drug-likeness (QED) is 0.574. The molecular weight excluding hydrogens is 177 g/mol. The second kappa shape index (κ2) is 4.93. The number of nitrogens with zero attached hydrogens (tertiary/aromatic N) is 1. The molecule has 0 radical (unpaired) electrons. The van der Waals surface area contributed by atoms with Gasteiger partial charge in [0.25, 0.3) is 0 Å². The van der Waals surface area contributed by atoms with E-state index in [4.69, 9.17) is 10.0 Å². The molecular formula is C10H14BNO2. The number of hydrogen-bond donors (Lipinski definition) is 2. The lowest BCUT2D eigenvalue weighted by molar-refractivity contribution is 0.425. The van der Waals surface area contributed by atoms with E-state index >= 15 is 0 Å². The Labute approximate surface area is 83.6 Å². The molecule has 1 heterocycles. The zero-order valence-electron chi connectivity index (χ0n) is 8.44. The molecule has 0 spiro atoms. The first kappa shape index (κ1) is 11.0. The molecule has 0 atom stereocenters. The van der Waals surface area contributed by atoms with Gasteiger partial charge in [0.1, 0.15) is 0 Å². The molecule has 14 heavy (non-hydrogen) atoms. The Kier molecular flexibility index (Phi) is 3.86. The van der Waals surface area contributed by atoms with E-state index in [1.54, 1.807) is 6.07 Å². The first-order valence-corrected chi connectivity index (χ1v) is 4.67. The average Bonchev–Trinajstić information content (AvgIpc) is 2.18. The molecule has 0 saturated carbocycles. The summed E-state index contributed by atoms with van der Waals surface area (Å²) in [7, 11) is -1.45. The lowest BCUT2D eigenvalue weighted by Crippen LogP contribution is -2.39. The number of rotatable bonds is 2. The molecule has 0 aliphatic carbocycles. The minimum Gasteiger partial charge on any atom is -0.423 e. The van der Waals surface area contributed by atoms with Crippen molar-refractivity contribution in [1.82, 2.24) is 4.98 Å². The van der Waals surface area contributed by atoms with Crippen LogP contribution in [0.4, 0.5) is 0 Å². The normalized spacial score (nSPS) is 13.4. The fraction of sp³-hybridized carbons (Fsp3) is 0.300. The van der Waals surface area contributed by atoms with Crippen molar-refractivity contribution in [2.24, 2.45) is 0 Å². The smallest absolute Gasteiger partial charge is 0.423 e. The SMILES string of the molecule is C/C=c1/cc(B(O)O)cn/c1=C/CC. The first-order chi connectivity index (χ1) is 6.69. The van der Waals surface area contributed by atoms with Crippen LogP contribution in [-0.4, -0.2) is 22.2 Å². The van der Waals surface area contributed by atoms with E-state index in [1.807, 2.05) is 26.0 Å². The molecule has 4 heteroatoms. The Hall–Kier alpha value is -1.13. The van der Waals surface area contributed by atoms with Crippen molar-refractivity contribution < 1.29 is 10.0 Å². The standard InChI is InChI=1S/C10H14BNO2/c1-3-5-10-8(4-2)6-9(7-12-10)11(13)14/h4-7,13-14H,3H2,1-2H3/b8-4-,10-5+. The van der Waals surface area contributed by atoms with E-state index < -0.39 is 7.12 Å². The summed E-state index contributed by atoms with van der Waals surface area (Å²) < 4.78 is 0. The van der Waals surface area contributed by atoms with Crippen LogP contribution in [0.25, 0.3) is 12.2 Å². The molecule has 2 N–H and O–H groups in total. The maximum absolute atomic E-state index is 8.96. The minimum absolute atomic E-state index is 0.423. The third-order valence-electron chi connectivity index (χ3n) is 1.98. The lowest BCUT2D eigenvalue weighted by atomic mass is 9.81. The molecule has 0 aromatic carbocycles. The van der Waals surface area contributed by atoms with Crippen molar-refractivity contribution >= 4 is 24.7 Å². The summed E-state index contributed by atoms with van der Waals surface area (Å²) >= 11 is 0. The Balaban J connectivity index is 3.34. The molecule has 0 fully saturated rings. The van der Waals surface area contributed by atoms with Crippen molar-refractivity contribution in [1.29, 1.82) is 0 Å². The fourth-order valence-electron chi connectivity index (χ4n) is 1.25. The topological polar surface area (TPSA) is 53.4 Å². The highest BCUT2D eigenvalue weighted by Gasteiger charge is 2.10. The number of hydrogen-bond acceptors (Lipinski definition) is 3. The molecule has 0 unspecified atom stereocenters. The Morgan fingerprint density at radius 1 is 1.50 bits per heavy atom. The molecule has 0 saturated heterocycles. The van der Waals surface area contributed by atoms with Crippen LogP contribution in [0.3, 0.4) is 0 Å². The highest BCUT2D eigenvalue weighted by molar-refractivity contribution is 6.58. The zero-order valence-corrected chi connectivity index (χ0v) is 8.44. The maximum atomic E-state index is 8.96. The predicted octanol–water partition coefficient (Wildman–Crippen LogP) is -1.25. The van der Waals surface area contributed by atoms with Crippen molar-refractivity contribution in [3.05, 3.63) is 22.8 Å². The number of aromatic nitrogens is 1. The van der Waals surface area contributed by atoms with E-state index in [-0.39, 0.29) is 0 Å². The van der Waals surface area contributed by atoms with Crippen LogP contribution in [-0.2, 0) is 0 Å². The van der Waals surface area contributed by atoms with Crippen LogP contribution in [0.5, 0.6) is 0 Å². The largest absolute Gasteiger partial charge is 0.490 e. The summed E-state index contributed by atoms with van der Waals surface area (Å²) in [6.45, 7) is 3.94. The lowest BCUT2D eigenvalue weighted by Gasteiger charge is -1.98. The van der Waals surface area contributed by atoms with Crippen molar-refractivity contribution in [2.45, 2.75) is 20.3 Å². The molecule has 1 aromatic rings. The maximum Gasteiger partial charge on any atom is 0.490 e. The fourth-order valence-corrected chi connectivity index (χ4v) is 1.25. The summed E-state index contributed by atoms with van der Waals surface area (Å²) in [6.07, 6.45) is 6.30. The second-order valence-corrected chi connectivity index (χ2v) is 3.02. The van der Waals surface area contributed by atoms with Gasteiger partial charge in [-0.05, 0) is 18.6 Å². The van der Waals surface area contributed by atoms with Gasteiger partial charge >= 0.3 is 7.12 Å². The van der Waals surface area contributed by atoms with Gasteiger partial charge in [-0.3, -0.25) is 4.98 Å². The Bertz CT molecular complexity index is 415. The van der Waals surface area contributed by atoms with Crippen LogP contribution in [0.15, 0.2) is 12.3 Å². The summed E-state index contributed by atoms with van der Waals surface area (Å²) in [5.74, 6) is 0. The minimum atomic E-state index is -1.45. The third-order valence-corrected chi connectivity index (χ3v) is 1.98. The van der Waals surface area contributed by atoms with Gasteiger partial charge in [0.2, 0.25) is 0 Å². The molecule has 74 valence electrons. The number of pyridine rings is 1. The molecule has 3 nitrogen and oxygen atoms in total. The van der Waals surface area contributed by atoms with Gasteiger partial charge in [-0.15, -0.1) is 0 Å². The van der Waals surface area contributed by atoms with Gasteiger partial charge < -0.3 is 10.0 Å². The van der Waals surface area contributed by atoms with E-state index in [9.17, 15) is 0 Å². The second-order valence-electron chi connectivity index (χ2n) is 3.02. The summed E-state index contributed by atoms with van der Waals surface area (Å²) in [4.78, 5) is 4.15. The molecule has 1 aromatic heterocycles. The van der Waals surface area contributed by atoms with Crippen LogP contribution in [0, 0.1) is 0 Å². The molecule has 0 aliphatic heterocycles. The van der Waals surface area contributed by atoms with Gasteiger partial charge in [-0.1, -0.05) is 25.1 Å². The van der Waals surface area contributed by atoms with E-state index in [2.05, 4.69) is 4.98 Å². The van der Waals surface area contributed by atoms with Gasteiger partial charge in [-0.2, -0.15) is 0 Å². The van der Waals surface area contributed by atoms with Crippen molar-refractivity contribution in [2.75, 3.05) is 0 Å². The van der Waals surface area contributed by atoms with Crippen LogP contribution < -0.4 is 16.0 Å². The average molecular weight is 191 g/mol. The van der Waals surface area contributed by atoms with Crippen LogP contribution >= 0.6 is 0 Å². The van der Waals surface area contributed by atoms with E-state index in [1.165, 1.54) is 6.20 Å². The Morgan fingerprint density at radius 3 is 2.71 bits per heavy atom. The van der Waals surface area contributed by atoms with E-state index in [0.29, 0.717) is 5.46 Å². The molecule has 0 amide bonds. The molecule has 1 rings (SSSR count). The monoisotopic (exact) mass is 191 g/mol. The predicted molar refractivity (Wildman–Crippen MR) is 58.2 cm³/mol. The van der Waals surface area contributed by atoms with Crippen LogP contribution in [0.2, 0.25) is 0 Å². The highest BCUT2D eigenvalue weighted by Crippen LogP contribution is 1.75. The summed E-state index contributed by atoms with van der Waals surface area (Å²) in [5.41, 5.74) is 0.423. The Morgan fingerprint density at radius 2 is 2.21 bits per heavy atom. The van der Waals surface area contributed by atoms with Gasteiger partial charge in [0.15, 0.2) is 0 Å². The third kappa shape index (κ3) is 2.43. The zero-order chi connectivity index (χ0) is 10.6. The molecule has 0 aliphatic rings. The van der Waals surface area contributed by atoms with Crippen LogP contribution in [0.1, 0.15) is 20.3 Å².